The van der Waals surface area contributed by atoms with E-state index in [-0.39, 0.29) is 0 Å². The van der Waals surface area contributed by atoms with Crippen molar-refractivity contribution >= 4 is 23.3 Å². The monoisotopic (exact) mass is 392 g/mol. The first-order valence-corrected chi connectivity index (χ1v) is 9.30. The molecule has 0 heterocycles. The molecule has 0 saturated carbocycles. The lowest BCUT2D eigenvalue weighted by Gasteiger charge is -2.14. The highest BCUT2D eigenvalue weighted by Gasteiger charge is 2.17. The zero-order valence-corrected chi connectivity index (χ0v) is 16.8. The van der Waals surface area contributed by atoms with Gasteiger partial charge in [0.1, 0.15) is 11.5 Å². The third-order valence-electron chi connectivity index (χ3n) is 4.56. The van der Waals surface area contributed by atoms with E-state index >= 15 is 0 Å². The van der Waals surface area contributed by atoms with Crippen LogP contribution in [0.25, 0.3) is 23.3 Å². The molecule has 3 aromatic rings. The summed E-state index contributed by atoms with van der Waals surface area (Å²) < 4.78 is 11.1. The van der Waals surface area contributed by atoms with Gasteiger partial charge in [0.05, 0.1) is 37.5 Å². The van der Waals surface area contributed by atoms with Crippen molar-refractivity contribution in [3.63, 3.8) is 0 Å². The average Bonchev–Trinajstić information content (AvgIpc) is 2.81. The van der Waals surface area contributed by atoms with Crippen LogP contribution in [-0.4, -0.2) is 14.2 Å². The predicted molar refractivity (Wildman–Crippen MR) is 119 cm³/mol. The van der Waals surface area contributed by atoms with E-state index in [1.165, 1.54) is 0 Å². The van der Waals surface area contributed by atoms with Crippen molar-refractivity contribution in [2.24, 2.45) is 0 Å². The molecule has 0 fully saturated rings. The fraction of sp³-hybridized carbons (Fsp3) is 0.0769. The maximum atomic E-state index is 9.77. The second-order valence-corrected chi connectivity index (χ2v) is 6.41. The molecular weight excluding hydrogens is 372 g/mol. The largest absolute Gasteiger partial charge is 0.496 e. The van der Waals surface area contributed by atoms with Crippen LogP contribution in [0, 0.1) is 22.7 Å². The number of benzene rings is 3. The Kier molecular flexibility index (Phi) is 6.66. The molecule has 0 atom stereocenters. The number of allylic oxidation sites excluding steroid dienone is 2. The van der Waals surface area contributed by atoms with Crippen LogP contribution >= 0.6 is 0 Å². The first kappa shape index (κ1) is 20.5. The quantitative estimate of drug-likeness (QED) is 0.391. The Morgan fingerprint density at radius 2 is 1.03 bits per heavy atom. The van der Waals surface area contributed by atoms with Crippen LogP contribution in [0.1, 0.15) is 22.3 Å². The van der Waals surface area contributed by atoms with Gasteiger partial charge in [0.15, 0.2) is 0 Å². The molecule has 0 N–H and O–H groups in total. The summed E-state index contributed by atoms with van der Waals surface area (Å²) in [5.74, 6) is 0.979. The summed E-state index contributed by atoms with van der Waals surface area (Å²) in [7, 11) is 3.08. The van der Waals surface area contributed by atoms with E-state index in [1.54, 1.807) is 38.5 Å². The van der Waals surface area contributed by atoms with Crippen molar-refractivity contribution in [1.29, 1.82) is 10.5 Å². The highest BCUT2D eigenvalue weighted by Crippen LogP contribution is 2.37. The molecule has 30 heavy (non-hydrogen) atoms. The topological polar surface area (TPSA) is 66.0 Å². The molecule has 0 aromatic heterocycles. The molecule has 3 aromatic carbocycles. The van der Waals surface area contributed by atoms with Crippen LogP contribution in [0.3, 0.4) is 0 Å². The zero-order chi connectivity index (χ0) is 21.3. The minimum atomic E-state index is 0.438. The normalized spacial score (nSPS) is 11.3. The van der Waals surface area contributed by atoms with Crippen molar-refractivity contribution < 1.29 is 9.47 Å². The number of nitrogens with zero attached hydrogens (tertiary/aromatic N) is 2. The number of hydrogen-bond donors (Lipinski definition) is 0. The molecule has 0 aliphatic rings. The maximum absolute atomic E-state index is 9.77. The molecule has 3 rings (SSSR count). The van der Waals surface area contributed by atoms with Crippen LogP contribution in [0.2, 0.25) is 0 Å². The molecule has 0 unspecified atom stereocenters. The van der Waals surface area contributed by atoms with Crippen LogP contribution in [-0.2, 0) is 0 Å². The summed E-state index contributed by atoms with van der Waals surface area (Å²) in [6.45, 7) is 0. The van der Waals surface area contributed by atoms with E-state index in [1.807, 2.05) is 60.7 Å². The van der Waals surface area contributed by atoms with Gasteiger partial charge >= 0.3 is 0 Å². The number of ether oxygens (including phenoxy) is 2. The third-order valence-corrected chi connectivity index (χ3v) is 4.56. The van der Waals surface area contributed by atoms with E-state index in [4.69, 9.17) is 9.47 Å². The van der Waals surface area contributed by atoms with Crippen molar-refractivity contribution in [1.82, 2.24) is 0 Å². The molecule has 4 nitrogen and oxygen atoms in total. The Morgan fingerprint density at radius 1 is 0.667 bits per heavy atom. The molecule has 0 aliphatic carbocycles. The molecule has 0 aliphatic heterocycles. The lowest BCUT2D eigenvalue weighted by molar-refractivity contribution is 0.401. The van der Waals surface area contributed by atoms with Crippen LogP contribution in [0.4, 0.5) is 0 Å². The fourth-order valence-electron chi connectivity index (χ4n) is 3.09. The first-order valence-electron chi connectivity index (χ1n) is 9.30. The Bertz CT molecular complexity index is 1070. The van der Waals surface area contributed by atoms with Crippen molar-refractivity contribution in [3.8, 4) is 23.6 Å². The van der Waals surface area contributed by atoms with E-state index in [9.17, 15) is 10.5 Å². The Labute approximate surface area is 176 Å². The zero-order valence-electron chi connectivity index (χ0n) is 16.8. The van der Waals surface area contributed by atoms with Crippen molar-refractivity contribution in [2.75, 3.05) is 14.2 Å². The second kappa shape index (κ2) is 9.78. The summed E-state index contributed by atoms with van der Waals surface area (Å²) in [6, 6.07) is 27.1. The SMILES string of the molecule is COc1cc(C(C#N)=Cc2ccccc2)c(OC)cc1C(C#N)=Cc1ccccc1. The van der Waals surface area contributed by atoms with Gasteiger partial charge in [-0.3, -0.25) is 0 Å². The summed E-state index contributed by atoms with van der Waals surface area (Å²) >= 11 is 0. The second-order valence-electron chi connectivity index (χ2n) is 6.41. The van der Waals surface area contributed by atoms with Crippen LogP contribution < -0.4 is 9.47 Å². The van der Waals surface area contributed by atoms with E-state index in [0.29, 0.717) is 33.8 Å². The molecule has 0 spiro atoms. The summed E-state index contributed by atoms with van der Waals surface area (Å²) in [5, 5.41) is 19.5. The van der Waals surface area contributed by atoms with Crippen molar-refractivity contribution in [2.45, 2.75) is 0 Å². The predicted octanol–water partition coefficient (Wildman–Crippen LogP) is 5.83. The number of methoxy groups -OCH3 is 2. The van der Waals surface area contributed by atoms with E-state index < -0.39 is 0 Å². The number of rotatable bonds is 6. The van der Waals surface area contributed by atoms with Gasteiger partial charge in [-0.05, 0) is 35.4 Å². The lowest BCUT2D eigenvalue weighted by atomic mass is 9.96. The fourth-order valence-corrected chi connectivity index (χ4v) is 3.09. The van der Waals surface area contributed by atoms with Gasteiger partial charge in [0, 0.05) is 11.1 Å². The van der Waals surface area contributed by atoms with E-state index in [2.05, 4.69) is 12.1 Å². The third kappa shape index (κ3) is 4.58. The van der Waals surface area contributed by atoms with Gasteiger partial charge in [0.25, 0.3) is 0 Å². The lowest BCUT2D eigenvalue weighted by Crippen LogP contribution is -1.98. The molecule has 0 radical (unpaired) electrons. The Hall–Kier alpha value is -4.28. The van der Waals surface area contributed by atoms with Gasteiger partial charge in [-0.2, -0.15) is 10.5 Å². The molecular formula is C26H20N2O2. The number of nitriles is 2. The average molecular weight is 392 g/mol. The van der Waals surface area contributed by atoms with Gasteiger partial charge in [-0.15, -0.1) is 0 Å². The first-order chi connectivity index (χ1) is 14.7. The summed E-state index contributed by atoms with van der Waals surface area (Å²) in [4.78, 5) is 0. The van der Waals surface area contributed by atoms with Gasteiger partial charge < -0.3 is 9.47 Å². The number of hydrogen-bond acceptors (Lipinski definition) is 4. The summed E-state index contributed by atoms with van der Waals surface area (Å²) in [6.07, 6.45) is 3.59. The molecule has 0 bridgehead atoms. The molecule has 0 amide bonds. The van der Waals surface area contributed by atoms with Crippen LogP contribution in [0.15, 0.2) is 72.8 Å². The Balaban J connectivity index is 2.15. The maximum Gasteiger partial charge on any atom is 0.128 e. The smallest absolute Gasteiger partial charge is 0.128 e. The standard InChI is InChI=1S/C26H20N2O2/c1-29-25-15-24(22(18-28)14-20-11-7-4-8-12-20)26(30-2)16-23(25)21(17-27)13-19-9-5-3-6-10-19/h3-16H,1-2H3. The van der Waals surface area contributed by atoms with Crippen LogP contribution in [0.5, 0.6) is 11.5 Å². The van der Waals surface area contributed by atoms with E-state index in [0.717, 1.165) is 11.1 Å². The summed E-state index contributed by atoms with van der Waals surface area (Å²) in [5.41, 5.74) is 3.88. The molecule has 4 heteroatoms. The van der Waals surface area contributed by atoms with Gasteiger partial charge in [0.2, 0.25) is 0 Å². The van der Waals surface area contributed by atoms with Crippen molar-refractivity contribution in [3.05, 3.63) is 95.1 Å². The highest BCUT2D eigenvalue weighted by molar-refractivity contribution is 5.96. The minimum absolute atomic E-state index is 0.438. The Morgan fingerprint density at radius 3 is 1.33 bits per heavy atom. The molecule has 146 valence electrons. The van der Waals surface area contributed by atoms with Gasteiger partial charge in [-0.25, -0.2) is 0 Å². The van der Waals surface area contributed by atoms with Gasteiger partial charge in [-0.1, -0.05) is 60.7 Å². The highest BCUT2D eigenvalue weighted by atomic mass is 16.5. The minimum Gasteiger partial charge on any atom is -0.496 e. The molecule has 0 saturated heterocycles.